The van der Waals surface area contributed by atoms with E-state index in [-0.39, 0.29) is 77.0 Å². The highest BCUT2D eigenvalue weighted by Crippen LogP contribution is 2.62. The Bertz CT molecular complexity index is 1810. The Morgan fingerprint density at radius 3 is 2.35 bits per heavy atom. The second kappa shape index (κ2) is 29.0. The summed E-state index contributed by atoms with van der Waals surface area (Å²) < 4.78 is 32.9. The van der Waals surface area contributed by atoms with E-state index >= 15 is 0 Å². The van der Waals surface area contributed by atoms with Crippen LogP contribution in [-0.2, 0) is 25.7 Å². The Kier molecular flexibility index (Phi) is 23.3. The summed E-state index contributed by atoms with van der Waals surface area (Å²) in [5.41, 5.74) is 4.38. The van der Waals surface area contributed by atoms with E-state index in [2.05, 4.69) is 30.6 Å². The molecule has 0 bridgehead atoms. The Balaban J connectivity index is 1.58. The lowest BCUT2D eigenvalue weighted by Crippen LogP contribution is -2.70. The molecule has 5 rings (SSSR count). The maximum Gasteiger partial charge on any atom is 0.410 e. The molecule has 0 spiro atoms. The smallest absolute Gasteiger partial charge is 0.410 e. The normalized spacial score (nSPS) is 22.5. The van der Waals surface area contributed by atoms with Crippen molar-refractivity contribution in [2.75, 3.05) is 59.4 Å². The van der Waals surface area contributed by atoms with Crippen molar-refractivity contribution in [1.82, 2.24) is 9.88 Å². The Morgan fingerprint density at radius 1 is 0.909 bits per heavy atom. The van der Waals surface area contributed by atoms with Crippen molar-refractivity contribution in [3.05, 3.63) is 77.7 Å². The number of aryl methyl sites for hydroxylation is 1. The predicted octanol–water partition coefficient (Wildman–Crippen LogP) is 9.99. The molecule has 1 amide bonds. The molecule has 368 valence electrons. The molecule has 3 N–H and O–H groups in total. The Morgan fingerprint density at radius 2 is 1.65 bits per heavy atom. The molecule has 6 unspecified atom stereocenters. The predicted molar refractivity (Wildman–Crippen MR) is 258 cm³/mol. The van der Waals surface area contributed by atoms with E-state index in [4.69, 9.17) is 33.7 Å². The van der Waals surface area contributed by atoms with Gasteiger partial charge < -0.3 is 43.8 Å². The van der Waals surface area contributed by atoms with Crippen LogP contribution < -0.4 is 9.47 Å². The van der Waals surface area contributed by atoms with Gasteiger partial charge in [-0.2, -0.15) is 0 Å². The first-order valence-electron chi connectivity index (χ1n) is 25.2. The molecule has 2 heterocycles. The van der Waals surface area contributed by atoms with Crippen LogP contribution >= 0.6 is 0 Å². The van der Waals surface area contributed by atoms with Gasteiger partial charge in [-0.3, -0.25) is 9.88 Å². The highest BCUT2D eigenvalue weighted by atomic mass is 16.7. The van der Waals surface area contributed by atoms with E-state index in [9.17, 15) is 20.1 Å². The molecule has 1 saturated carbocycles. The molecular formula is C53H81N3O10. The fourth-order valence-corrected chi connectivity index (χ4v) is 10.3. The number of fused-ring (bicyclic) bond motifs is 2. The summed E-state index contributed by atoms with van der Waals surface area (Å²) >= 11 is 0. The largest absolute Gasteiger partial charge is 0.487 e. The quantitative estimate of drug-likeness (QED) is 0.0355. The fraction of sp³-hybridized carbons (Fsp3) is 0.679. The minimum Gasteiger partial charge on any atom is -0.487 e. The molecule has 66 heavy (non-hydrogen) atoms. The lowest BCUT2D eigenvalue weighted by Gasteiger charge is -2.59. The third kappa shape index (κ3) is 14.7. The maximum atomic E-state index is 14.7. The number of rotatable bonds is 33. The van der Waals surface area contributed by atoms with Gasteiger partial charge in [-0.1, -0.05) is 101 Å². The molecule has 13 heteroatoms. The molecular weight excluding hydrogens is 839 g/mol. The van der Waals surface area contributed by atoms with Crippen LogP contribution in [0, 0.1) is 24.7 Å². The summed E-state index contributed by atoms with van der Waals surface area (Å²) in [5.74, 6) is -0.654. The van der Waals surface area contributed by atoms with Crippen molar-refractivity contribution in [2.45, 2.75) is 154 Å². The number of oxime groups is 1. The number of hydrogen-bond donors (Lipinski definition) is 3. The topological polar surface area (TPSA) is 162 Å². The van der Waals surface area contributed by atoms with Crippen LogP contribution in [0.1, 0.15) is 146 Å². The minimum atomic E-state index is -1.44. The highest BCUT2D eigenvalue weighted by Gasteiger charge is 2.65. The van der Waals surface area contributed by atoms with Crippen molar-refractivity contribution in [3.63, 3.8) is 0 Å². The maximum absolute atomic E-state index is 14.7. The van der Waals surface area contributed by atoms with Crippen molar-refractivity contribution in [2.24, 2.45) is 22.9 Å². The van der Waals surface area contributed by atoms with Gasteiger partial charge in [0.1, 0.15) is 30.8 Å². The molecule has 0 saturated heterocycles. The van der Waals surface area contributed by atoms with Crippen molar-refractivity contribution < 1.29 is 48.6 Å². The number of aliphatic hydroxyl groups is 3. The standard InChI is InChI=1S/C53H81N3O10/c1-5-8-9-10-11-12-13-14-15-20-33-62-52(60)56(28-34-61-35-31-59)49-38-47(55-65-7-3)45-36-41(23-16-18-29-57)44(25-17-19-30-58)50-46-37-43(63-39-42-24-21-22-40(4)54-42)26-27-48(46)66-53(49,51(45)50)64-32-6-2/h6,21-22,24,26-27,36-37,41,44,49-51,57-59H,2,5,7-20,23,25,28-35,38-39H2,1,3-4H3. The summed E-state index contributed by atoms with van der Waals surface area (Å²) in [4.78, 5) is 26.9. The number of amides is 1. The summed E-state index contributed by atoms with van der Waals surface area (Å²) in [5, 5.41) is 34.3. The number of pyridine rings is 1. The van der Waals surface area contributed by atoms with Gasteiger partial charge in [0.15, 0.2) is 0 Å². The minimum absolute atomic E-state index is 0.0590. The first-order chi connectivity index (χ1) is 32.3. The van der Waals surface area contributed by atoms with Crippen LogP contribution in [0.2, 0.25) is 0 Å². The van der Waals surface area contributed by atoms with E-state index in [1.807, 2.05) is 44.2 Å². The number of allylic oxidation sites excluding steroid dienone is 1. The zero-order valence-corrected chi connectivity index (χ0v) is 40.3. The molecule has 1 aliphatic heterocycles. The molecule has 6 atom stereocenters. The number of hydrogen-bond acceptors (Lipinski definition) is 12. The number of benzene rings is 1. The van der Waals surface area contributed by atoms with Gasteiger partial charge >= 0.3 is 6.09 Å². The van der Waals surface area contributed by atoms with E-state index in [0.717, 1.165) is 67.5 Å². The number of unbranched alkanes of at least 4 members (excludes halogenated alkanes) is 11. The van der Waals surface area contributed by atoms with Gasteiger partial charge in [0.25, 0.3) is 0 Å². The van der Waals surface area contributed by atoms with E-state index in [0.29, 0.717) is 43.3 Å². The van der Waals surface area contributed by atoms with Gasteiger partial charge in [-0.15, -0.1) is 6.58 Å². The third-order valence-corrected chi connectivity index (χ3v) is 13.3. The van der Waals surface area contributed by atoms with Crippen molar-refractivity contribution >= 4 is 11.8 Å². The van der Waals surface area contributed by atoms with E-state index in [1.165, 1.54) is 44.9 Å². The van der Waals surface area contributed by atoms with Crippen molar-refractivity contribution in [1.29, 1.82) is 0 Å². The van der Waals surface area contributed by atoms with Crippen LogP contribution in [0.25, 0.3) is 0 Å². The second-order valence-corrected chi connectivity index (χ2v) is 18.1. The second-order valence-electron chi connectivity index (χ2n) is 18.1. The highest BCUT2D eigenvalue weighted by molar-refractivity contribution is 6.03. The molecule has 2 aliphatic carbocycles. The van der Waals surface area contributed by atoms with Crippen LogP contribution in [0.4, 0.5) is 4.79 Å². The molecule has 13 nitrogen and oxygen atoms in total. The average Bonchev–Trinajstić information content (AvgIpc) is 3.32. The summed E-state index contributed by atoms with van der Waals surface area (Å²) in [6.07, 6.45) is 20.1. The van der Waals surface area contributed by atoms with Crippen molar-refractivity contribution in [3.8, 4) is 11.5 Å². The Labute approximate surface area is 394 Å². The molecule has 3 aliphatic rings. The number of ether oxygens (including phenoxy) is 5. The first-order valence-corrected chi connectivity index (χ1v) is 25.2. The Hall–Kier alpha value is -4.01. The number of nitrogens with zero attached hydrogens (tertiary/aromatic N) is 3. The number of carbonyl (C=O) groups excluding carboxylic acids is 1. The zero-order chi connectivity index (χ0) is 47.0. The van der Waals surface area contributed by atoms with Gasteiger partial charge in [0, 0.05) is 43.4 Å². The average molecular weight is 920 g/mol. The molecule has 1 aromatic heterocycles. The molecule has 0 radical (unpaired) electrons. The van der Waals surface area contributed by atoms with Crippen LogP contribution in [0.3, 0.4) is 0 Å². The summed E-state index contributed by atoms with van der Waals surface area (Å²) in [6.45, 7) is 11.7. The number of carbonyl (C=O) groups is 1. The monoisotopic (exact) mass is 920 g/mol. The SMILES string of the molecule is C=CCOC12Oc3ccc(OCc4cccc(C)n4)cc3C3C(CCCCO)C(CCCCO)C=C(C(=NOCC)CC1N(CCOCCO)C(=O)OCCCCCCCCCCCC)C32. The van der Waals surface area contributed by atoms with Gasteiger partial charge in [0.05, 0.1) is 50.4 Å². The number of aromatic nitrogens is 1. The van der Waals surface area contributed by atoms with E-state index < -0.39 is 23.8 Å². The molecule has 1 fully saturated rings. The lowest BCUT2D eigenvalue weighted by atomic mass is 9.55. The first kappa shape index (κ1) is 53.0. The van der Waals surface area contributed by atoms with E-state index in [1.54, 1.807) is 11.0 Å². The summed E-state index contributed by atoms with van der Waals surface area (Å²) in [6, 6.07) is 11.1. The molecule has 2 aromatic rings. The van der Waals surface area contributed by atoms with Gasteiger partial charge in [0.2, 0.25) is 5.79 Å². The summed E-state index contributed by atoms with van der Waals surface area (Å²) in [7, 11) is 0. The molecule has 1 aromatic carbocycles. The lowest BCUT2D eigenvalue weighted by molar-refractivity contribution is -0.256. The number of aliphatic hydroxyl groups excluding tert-OH is 3. The third-order valence-electron chi connectivity index (χ3n) is 13.3. The van der Waals surface area contributed by atoms with Crippen LogP contribution in [0.5, 0.6) is 11.5 Å². The van der Waals surface area contributed by atoms with Crippen LogP contribution in [-0.4, -0.2) is 108 Å². The fourth-order valence-electron chi connectivity index (χ4n) is 10.3. The van der Waals surface area contributed by atoms with Gasteiger partial charge in [-0.05, 0) is 93.7 Å². The van der Waals surface area contributed by atoms with Gasteiger partial charge in [-0.25, -0.2) is 4.79 Å². The zero-order valence-electron chi connectivity index (χ0n) is 40.3. The van der Waals surface area contributed by atoms with Crippen LogP contribution in [0.15, 0.2) is 65.9 Å².